The van der Waals surface area contributed by atoms with E-state index in [0.717, 1.165) is 11.3 Å². The topological polar surface area (TPSA) is 92.5 Å². The fraction of sp³-hybridized carbons (Fsp3) is 0.333. The third-order valence-electron chi connectivity index (χ3n) is 4.04. The van der Waals surface area contributed by atoms with Crippen LogP contribution in [0.5, 0.6) is 0 Å². The molecule has 0 saturated carbocycles. The summed E-state index contributed by atoms with van der Waals surface area (Å²) >= 11 is 0. The van der Waals surface area contributed by atoms with Gasteiger partial charge in [-0.3, -0.25) is 10.1 Å². The van der Waals surface area contributed by atoms with Crippen molar-refractivity contribution in [1.29, 1.82) is 0 Å². The maximum atomic E-state index is 12.5. The first-order valence-electron chi connectivity index (χ1n) is 8.22. The van der Waals surface area contributed by atoms with Crippen LogP contribution in [0.15, 0.2) is 47.4 Å². The first-order valence-corrected chi connectivity index (χ1v) is 9.70. The van der Waals surface area contributed by atoms with Crippen LogP contribution in [-0.2, 0) is 16.4 Å². The van der Waals surface area contributed by atoms with E-state index in [1.165, 1.54) is 12.1 Å². The predicted molar refractivity (Wildman–Crippen MR) is 102 cm³/mol. The summed E-state index contributed by atoms with van der Waals surface area (Å²) in [5.41, 5.74) is 2.15. The van der Waals surface area contributed by atoms with Crippen LogP contribution in [-0.4, -0.2) is 34.0 Å². The van der Waals surface area contributed by atoms with E-state index in [2.05, 4.69) is 4.72 Å². The minimum absolute atomic E-state index is 0.212. The zero-order chi connectivity index (χ0) is 19.3. The minimum Gasteiger partial charge on any atom is -0.378 e. The number of sulfonamides is 1. The Labute approximate surface area is 153 Å². The SMILES string of the molecule is Cc1cccc([N+](=O)[O-])c1S(=O)(=O)NCCCc1ccc(N(C)C)cc1. The third kappa shape index (κ3) is 4.80. The number of hydrogen-bond donors (Lipinski definition) is 1. The largest absolute Gasteiger partial charge is 0.378 e. The molecule has 2 aromatic carbocycles. The van der Waals surface area contributed by atoms with Gasteiger partial charge in [0.1, 0.15) is 0 Å². The van der Waals surface area contributed by atoms with Crippen molar-refractivity contribution in [2.45, 2.75) is 24.7 Å². The van der Waals surface area contributed by atoms with Crippen molar-refractivity contribution in [1.82, 2.24) is 4.72 Å². The summed E-state index contributed by atoms with van der Waals surface area (Å²) in [5.74, 6) is 0. The van der Waals surface area contributed by atoms with Crippen LogP contribution < -0.4 is 9.62 Å². The summed E-state index contributed by atoms with van der Waals surface area (Å²) in [5, 5.41) is 11.1. The molecule has 0 radical (unpaired) electrons. The van der Waals surface area contributed by atoms with E-state index in [0.29, 0.717) is 18.4 Å². The summed E-state index contributed by atoms with van der Waals surface area (Å²) in [6.45, 7) is 1.76. The lowest BCUT2D eigenvalue weighted by Gasteiger charge is -2.13. The van der Waals surface area contributed by atoms with Gasteiger partial charge in [-0.25, -0.2) is 13.1 Å². The molecule has 0 unspecified atom stereocenters. The fourth-order valence-corrected chi connectivity index (χ4v) is 4.13. The lowest BCUT2D eigenvalue weighted by Crippen LogP contribution is -2.26. The summed E-state index contributed by atoms with van der Waals surface area (Å²) in [6, 6.07) is 12.3. The molecule has 7 nitrogen and oxygen atoms in total. The molecule has 0 aliphatic heterocycles. The maximum Gasteiger partial charge on any atom is 0.289 e. The molecule has 0 amide bonds. The molecular formula is C18H23N3O4S. The van der Waals surface area contributed by atoms with E-state index in [1.54, 1.807) is 13.0 Å². The van der Waals surface area contributed by atoms with Crippen LogP contribution in [0.3, 0.4) is 0 Å². The molecular weight excluding hydrogens is 354 g/mol. The third-order valence-corrected chi connectivity index (χ3v) is 5.70. The number of aryl methyl sites for hydroxylation is 2. The van der Waals surface area contributed by atoms with Crippen molar-refractivity contribution >= 4 is 21.4 Å². The van der Waals surface area contributed by atoms with Gasteiger partial charge in [-0.05, 0) is 43.0 Å². The van der Waals surface area contributed by atoms with Crippen LogP contribution in [0.25, 0.3) is 0 Å². The molecule has 2 rings (SSSR count). The molecule has 0 saturated heterocycles. The van der Waals surface area contributed by atoms with Crippen LogP contribution >= 0.6 is 0 Å². The number of nitro benzene ring substituents is 1. The molecule has 0 heterocycles. The summed E-state index contributed by atoms with van der Waals surface area (Å²) in [7, 11) is -0.00372. The molecule has 0 aromatic heterocycles. The van der Waals surface area contributed by atoms with E-state index in [1.807, 2.05) is 43.3 Å². The summed E-state index contributed by atoms with van der Waals surface area (Å²) in [6.07, 6.45) is 1.31. The van der Waals surface area contributed by atoms with Gasteiger partial charge in [-0.15, -0.1) is 0 Å². The predicted octanol–water partition coefficient (Wildman–Crippen LogP) is 2.88. The Morgan fingerprint density at radius 3 is 2.35 bits per heavy atom. The lowest BCUT2D eigenvalue weighted by molar-refractivity contribution is -0.387. The summed E-state index contributed by atoms with van der Waals surface area (Å²) < 4.78 is 27.4. The van der Waals surface area contributed by atoms with Gasteiger partial charge in [0.15, 0.2) is 4.90 Å². The zero-order valence-electron chi connectivity index (χ0n) is 15.1. The highest BCUT2D eigenvalue weighted by atomic mass is 32.2. The van der Waals surface area contributed by atoms with E-state index in [-0.39, 0.29) is 11.4 Å². The Morgan fingerprint density at radius 2 is 1.77 bits per heavy atom. The number of nitrogens with zero attached hydrogens (tertiary/aromatic N) is 2. The highest BCUT2D eigenvalue weighted by Gasteiger charge is 2.27. The van der Waals surface area contributed by atoms with Gasteiger partial charge in [0.05, 0.1) is 4.92 Å². The van der Waals surface area contributed by atoms with E-state index in [9.17, 15) is 18.5 Å². The molecule has 0 fully saturated rings. The van der Waals surface area contributed by atoms with Crippen LogP contribution in [0.2, 0.25) is 0 Å². The zero-order valence-corrected chi connectivity index (χ0v) is 15.9. The van der Waals surface area contributed by atoms with Crippen molar-refractivity contribution in [3.8, 4) is 0 Å². The molecule has 0 aliphatic rings. The average Bonchev–Trinajstić information content (AvgIpc) is 2.58. The monoisotopic (exact) mass is 377 g/mol. The molecule has 140 valence electrons. The lowest BCUT2D eigenvalue weighted by atomic mass is 10.1. The Balaban J connectivity index is 2.00. The van der Waals surface area contributed by atoms with Gasteiger partial charge in [0.25, 0.3) is 5.69 Å². The van der Waals surface area contributed by atoms with E-state index >= 15 is 0 Å². The van der Waals surface area contributed by atoms with Gasteiger partial charge < -0.3 is 4.90 Å². The smallest absolute Gasteiger partial charge is 0.289 e. The van der Waals surface area contributed by atoms with E-state index in [4.69, 9.17) is 0 Å². The fourth-order valence-electron chi connectivity index (χ4n) is 2.66. The number of nitro groups is 1. The molecule has 8 heteroatoms. The van der Waals surface area contributed by atoms with Gasteiger partial charge in [-0.2, -0.15) is 0 Å². The second-order valence-corrected chi connectivity index (χ2v) is 7.95. The highest BCUT2D eigenvalue weighted by molar-refractivity contribution is 7.89. The van der Waals surface area contributed by atoms with Crippen molar-refractivity contribution in [2.24, 2.45) is 0 Å². The van der Waals surface area contributed by atoms with E-state index < -0.39 is 20.6 Å². The normalized spacial score (nSPS) is 11.3. The Kier molecular flexibility index (Phi) is 6.33. The number of rotatable bonds is 8. The number of hydrogen-bond acceptors (Lipinski definition) is 5. The molecule has 2 aromatic rings. The van der Waals surface area contributed by atoms with Crippen molar-refractivity contribution in [3.05, 3.63) is 63.7 Å². The average molecular weight is 377 g/mol. The molecule has 1 N–H and O–H groups in total. The minimum atomic E-state index is -3.94. The molecule has 0 aliphatic carbocycles. The van der Waals surface area contributed by atoms with Crippen molar-refractivity contribution in [2.75, 3.05) is 25.5 Å². The summed E-state index contributed by atoms with van der Waals surface area (Å²) in [4.78, 5) is 12.2. The van der Waals surface area contributed by atoms with Crippen LogP contribution in [0.1, 0.15) is 17.5 Å². The molecule has 26 heavy (non-hydrogen) atoms. The highest BCUT2D eigenvalue weighted by Crippen LogP contribution is 2.26. The number of nitrogens with one attached hydrogen (secondary N) is 1. The standard InChI is InChI=1S/C18H23N3O4S/c1-14-6-4-8-17(21(22)23)18(14)26(24,25)19-13-5-7-15-9-11-16(12-10-15)20(2)3/h4,6,8-12,19H,5,7,13H2,1-3H3. The first-order chi connectivity index (χ1) is 12.2. The number of benzene rings is 2. The van der Waals surface area contributed by atoms with Gasteiger partial charge in [-0.1, -0.05) is 24.3 Å². The second-order valence-electron chi connectivity index (χ2n) is 6.24. The Bertz CT molecular complexity index is 878. The van der Waals surface area contributed by atoms with Crippen molar-refractivity contribution < 1.29 is 13.3 Å². The maximum absolute atomic E-state index is 12.5. The molecule has 0 atom stereocenters. The second kappa shape index (κ2) is 8.29. The Morgan fingerprint density at radius 1 is 1.12 bits per heavy atom. The van der Waals surface area contributed by atoms with Crippen LogP contribution in [0.4, 0.5) is 11.4 Å². The number of anilines is 1. The van der Waals surface area contributed by atoms with Crippen molar-refractivity contribution in [3.63, 3.8) is 0 Å². The van der Waals surface area contributed by atoms with Gasteiger partial charge in [0.2, 0.25) is 10.0 Å². The van der Waals surface area contributed by atoms with Gasteiger partial charge >= 0.3 is 0 Å². The first kappa shape index (κ1) is 19.9. The molecule has 0 spiro atoms. The Hall–Kier alpha value is -2.45. The van der Waals surface area contributed by atoms with Gasteiger partial charge in [0, 0.05) is 32.4 Å². The quantitative estimate of drug-likeness (QED) is 0.434. The molecule has 0 bridgehead atoms. The van der Waals surface area contributed by atoms with Crippen LogP contribution in [0, 0.1) is 17.0 Å².